The van der Waals surface area contributed by atoms with Gasteiger partial charge in [0, 0.05) is 18.5 Å². The lowest BCUT2D eigenvalue weighted by molar-refractivity contribution is 0.0381. The van der Waals surface area contributed by atoms with Gasteiger partial charge in [-0.2, -0.15) is 11.8 Å². The number of thioether (sulfide) groups is 1. The SMILES string of the molecule is CCOC(=O)c1c(CSCCCN2CCOCC2)oc2ccc(OC)cc12.Cl. The average molecular weight is 430 g/mol. The van der Waals surface area contributed by atoms with E-state index in [2.05, 4.69) is 4.90 Å². The van der Waals surface area contributed by atoms with Crippen LogP contribution in [0.4, 0.5) is 0 Å². The number of halogens is 1. The molecule has 28 heavy (non-hydrogen) atoms. The summed E-state index contributed by atoms with van der Waals surface area (Å²) >= 11 is 1.78. The van der Waals surface area contributed by atoms with Crippen molar-refractivity contribution in [3.63, 3.8) is 0 Å². The lowest BCUT2D eigenvalue weighted by Crippen LogP contribution is -2.36. The second kappa shape index (κ2) is 11.6. The molecule has 0 bridgehead atoms. The molecular formula is C20H28ClNO5S. The second-order valence-corrected chi connectivity index (χ2v) is 7.45. The van der Waals surface area contributed by atoms with Gasteiger partial charge in [-0.1, -0.05) is 0 Å². The van der Waals surface area contributed by atoms with Crippen molar-refractivity contribution in [2.75, 3.05) is 52.3 Å². The molecule has 0 N–H and O–H groups in total. The molecule has 0 unspecified atom stereocenters. The van der Waals surface area contributed by atoms with Gasteiger partial charge in [-0.3, -0.25) is 4.90 Å². The number of hydrogen-bond acceptors (Lipinski definition) is 7. The van der Waals surface area contributed by atoms with E-state index >= 15 is 0 Å². The number of morpholine rings is 1. The van der Waals surface area contributed by atoms with Gasteiger partial charge in [-0.05, 0) is 43.8 Å². The van der Waals surface area contributed by atoms with Crippen LogP contribution < -0.4 is 4.74 Å². The zero-order valence-corrected chi connectivity index (χ0v) is 18.0. The fraction of sp³-hybridized carbons (Fsp3) is 0.550. The van der Waals surface area contributed by atoms with Crippen molar-refractivity contribution in [3.05, 3.63) is 29.5 Å². The van der Waals surface area contributed by atoms with Gasteiger partial charge < -0.3 is 18.6 Å². The van der Waals surface area contributed by atoms with Crippen molar-refractivity contribution in [1.29, 1.82) is 0 Å². The number of carbonyl (C=O) groups is 1. The highest BCUT2D eigenvalue weighted by Gasteiger charge is 2.22. The lowest BCUT2D eigenvalue weighted by atomic mass is 10.1. The molecule has 0 amide bonds. The van der Waals surface area contributed by atoms with Crippen LogP contribution in [-0.2, 0) is 15.2 Å². The van der Waals surface area contributed by atoms with E-state index in [1.54, 1.807) is 25.8 Å². The van der Waals surface area contributed by atoms with E-state index in [9.17, 15) is 4.79 Å². The first-order valence-electron chi connectivity index (χ1n) is 9.37. The highest BCUT2D eigenvalue weighted by Crippen LogP contribution is 2.32. The molecule has 0 aliphatic carbocycles. The molecular weight excluding hydrogens is 402 g/mol. The van der Waals surface area contributed by atoms with E-state index in [-0.39, 0.29) is 18.4 Å². The number of ether oxygens (including phenoxy) is 3. The van der Waals surface area contributed by atoms with Crippen LogP contribution in [0.5, 0.6) is 5.75 Å². The van der Waals surface area contributed by atoms with E-state index in [0.717, 1.165) is 50.4 Å². The molecule has 0 spiro atoms. The molecule has 0 atom stereocenters. The molecule has 156 valence electrons. The number of hydrogen-bond donors (Lipinski definition) is 0. The minimum absolute atomic E-state index is 0. The minimum atomic E-state index is -0.339. The van der Waals surface area contributed by atoms with Crippen LogP contribution in [0.1, 0.15) is 29.5 Å². The zero-order valence-electron chi connectivity index (χ0n) is 16.4. The van der Waals surface area contributed by atoms with Gasteiger partial charge in [0.2, 0.25) is 0 Å². The van der Waals surface area contributed by atoms with E-state index in [0.29, 0.717) is 35.0 Å². The molecule has 2 heterocycles. The number of carbonyl (C=O) groups excluding carboxylic acids is 1. The third-order valence-corrected chi connectivity index (χ3v) is 5.59. The average Bonchev–Trinajstić information content (AvgIpc) is 3.06. The van der Waals surface area contributed by atoms with Crippen molar-refractivity contribution < 1.29 is 23.4 Å². The highest BCUT2D eigenvalue weighted by atomic mass is 35.5. The normalized spacial score (nSPS) is 14.6. The summed E-state index contributed by atoms with van der Waals surface area (Å²) in [6.45, 7) is 6.92. The van der Waals surface area contributed by atoms with Gasteiger partial charge in [-0.15, -0.1) is 12.4 Å². The molecule has 8 heteroatoms. The Kier molecular flexibility index (Phi) is 9.44. The minimum Gasteiger partial charge on any atom is -0.497 e. The maximum Gasteiger partial charge on any atom is 0.342 e. The third-order valence-electron chi connectivity index (χ3n) is 4.55. The molecule has 1 saturated heterocycles. The number of fused-ring (bicyclic) bond motifs is 1. The van der Waals surface area contributed by atoms with Crippen molar-refractivity contribution in [1.82, 2.24) is 4.90 Å². The zero-order chi connectivity index (χ0) is 19.1. The fourth-order valence-corrected chi connectivity index (χ4v) is 4.03. The summed E-state index contributed by atoms with van der Waals surface area (Å²) in [4.78, 5) is 14.9. The molecule has 3 rings (SSSR count). The Bertz CT molecular complexity index is 760. The van der Waals surface area contributed by atoms with E-state index in [1.165, 1.54) is 0 Å². The van der Waals surface area contributed by atoms with Gasteiger partial charge in [0.05, 0.1) is 32.7 Å². The van der Waals surface area contributed by atoms with Gasteiger partial charge in [0.25, 0.3) is 0 Å². The Morgan fingerprint density at radius 3 is 2.79 bits per heavy atom. The van der Waals surface area contributed by atoms with Gasteiger partial charge >= 0.3 is 5.97 Å². The highest BCUT2D eigenvalue weighted by molar-refractivity contribution is 7.98. The summed E-state index contributed by atoms with van der Waals surface area (Å²) < 4.78 is 21.9. The largest absolute Gasteiger partial charge is 0.497 e. The van der Waals surface area contributed by atoms with Crippen LogP contribution in [0.3, 0.4) is 0 Å². The van der Waals surface area contributed by atoms with Crippen molar-refractivity contribution in [2.24, 2.45) is 0 Å². The molecule has 1 fully saturated rings. The monoisotopic (exact) mass is 429 g/mol. The Morgan fingerprint density at radius 2 is 2.07 bits per heavy atom. The summed E-state index contributed by atoms with van der Waals surface area (Å²) in [5.74, 6) is 2.69. The molecule has 6 nitrogen and oxygen atoms in total. The van der Waals surface area contributed by atoms with Crippen LogP contribution in [0.2, 0.25) is 0 Å². The first-order chi connectivity index (χ1) is 13.2. The molecule has 0 saturated carbocycles. The van der Waals surface area contributed by atoms with E-state index in [1.807, 2.05) is 18.2 Å². The smallest absolute Gasteiger partial charge is 0.342 e. The van der Waals surface area contributed by atoms with Crippen molar-refractivity contribution in [3.8, 4) is 5.75 Å². The Morgan fingerprint density at radius 1 is 1.29 bits per heavy atom. The summed E-state index contributed by atoms with van der Waals surface area (Å²) in [6, 6.07) is 5.50. The van der Waals surface area contributed by atoms with Gasteiger partial charge in [-0.25, -0.2) is 4.79 Å². The number of esters is 1. The van der Waals surface area contributed by atoms with E-state index < -0.39 is 0 Å². The summed E-state index contributed by atoms with van der Waals surface area (Å²) in [5, 5.41) is 0.747. The van der Waals surface area contributed by atoms with Crippen LogP contribution in [0.15, 0.2) is 22.6 Å². The summed E-state index contributed by atoms with van der Waals surface area (Å²) in [6.07, 6.45) is 1.10. The van der Waals surface area contributed by atoms with Crippen molar-refractivity contribution >= 4 is 41.1 Å². The van der Waals surface area contributed by atoms with Gasteiger partial charge in [0.15, 0.2) is 0 Å². The predicted molar refractivity (Wildman–Crippen MR) is 114 cm³/mol. The molecule has 0 radical (unpaired) electrons. The van der Waals surface area contributed by atoms with Crippen LogP contribution in [0.25, 0.3) is 11.0 Å². The molecule has 1 aliphatic rings. The first-order valence-corrected chi connectivity index (χ1v) is 10.5. The van der Waals surface area contributed by atoms with Crippen LogP contribution >= 0.6 is 24.2 Å². The van der Waals surface area contributed by atoms with Crippen LogP contribution in [-0.4, -0.2) is 63.2 Å². The number of furan rings is 1. The molecule has 1 aromatic carbocycles. The summed E-state index contributed by atoms with van der Waals surface area (Å²) in [7, 11) is 1.61. The number of nitrogens with zero attached hydrogens (tertiary/aromatic N) is 1. The Labute approximate surface area is 176 Å². The molecule has 1 aromatic heterocycles. The maximum absolute atomic E-state index is 12.5. The third kappa shape index (κ3) is 5.80. The quantitative estimate of drug-likeness (QED) is 0.441. The van der Waals surface area contributed by atoms with Crippen LogP contribution in [0, 0.1) is 0 Å². The molecule has 2 aromatic rings. The Hall–Kier alpha value is -1.41. The lowest BCUT2D eigenvalue weighted by Gasteiger charge is -2.26. The first kappa shape index (κ1) is 22.9. The van der Waals surface area contributed by atoms with Gasteiger partial charge in [0.1, 0.15) is 22.7 Å². The summed E-state index contributed by atoms with van der Waals surface area (Å²) in [5.41, 5.74) is 1.20. The number of methoxy groups -OCH3 is 1. The predicted octanol–water partition coefficient (Wildman–Crippen LogP) is 4.00. The molecule has 1 aliphatic heterocycles. The van der Waals surface area contributed by atoms with E-state index in [4.69, 9.17) is 18.6 Å². The topological polar surface area (TPSA) is 61.1 Å². The standard InChI is InChI=1S/C20H27NO5S.ClH/c1-3-25-20(22)19-16-13-15(23-2)5-6-17(16)26-18(19)14-27-12-4-7-21-8-10-24-11-9-21;/h5-6,13H,3-4,7-12,14H2,1-2H3;1H. The fourth-order valence-electron chi connectivity index (χ4n) is 3.16. The Balaban J connectivity index is 0.00000280. The number of rotatable bonds is 9. The second-order valence-electron chi connectivity index (χ2n) is 6.34. The van der Waals surface area contributed by atoms with Crippen molar-refractivity contribution in [2.45, 2.75) is 19.1 Å². The number of benzene rings is 1. The maximum atomic E-state index is 12.5.